The first-order valence-corrected chi connectivity index (χ1v) is 28.0. The highest BCUT2D eigenvalue weighted by atomic mass is 31.2. The van der Waals surface area contributed by atoms with Crippen LogP contribution in [0.15, 0.2) is 12.2 Å². The summed E-state index contributed by atoms with van der Waals surface area (Å²) in [6, 6.07) is -0.881. The Bertz CT molecular complexity index is 1000. The quantitative estimate of drug-likeness (QED) is 0.0273. The number of rotatable bonds is 49. The van der Waals surface area contributed by atoms with Gasteiger partial charge in [0.15, 0.2) is 0 Å². The number of quaternary nitrogens is 1. The van der Waals surface area contributed by atoms with E-state index in [1.165, 1.54) is 205 Å². The minimum absolute atomic E-state index is 0.00250. The van der Waals surface area contributed by atoms with Gasteiger partial charge in [-0.3, -0.25) is 9.36 Å². The van der Waals surface area contributed by atoms with Crippen LogP contribution in [0.4, 0.5) is 0 Å². The molecule has 0 aliphatic rings. The summed E-state index contributed by atoms with van der Waals surface area (Å²) in [7, 11) is 1.28. The molecule has 0 aliphatic carbocycles. The third-order valence-electron chi connectivity index (χ3n) is 12.2. The van der Waals surface area contributed by atoms with E-state index in [1.807, 2.05) is 27.2 Å². The normalized spacial score (nSPS) is 14.1. The number of amides is 1. The minimum atomic E-state index is -4.59. The first-order chi connectivity index (χ1) is 29.5. The van der Waals surface area contributed by atoms with Crippen molar-refractivity contribution in [1.82, 2.24) is 5.32 Å². The summed E-state index contributed by atoms with van der Waals surface area (Å²) < 4.78 is 23.3. The molecule has 0 radical (unpaired) electrons. The van der Waals surface area contributed by atoms with Crippen molar-refractivity contribution in [1.29, 1.82) is 0 Å². The van der Waals surface area contributed by atoms with Gasteiger partial charge in [-0.05, 0) is 19.3 Å². The van der Waals surface area contributed by atoms with Gasteiger partial charge in [0.1, 0.15) is 13.2 Å². The Balaban J connectivity index is 4.24. The third kappa shape index (κ3) is 47.0. The van der Waals surface area contributed by atoms with Gasteiger partial charge in [0, 0.05) is 6.42 Å². The Hall–Kier alpha value is -0.760. The van der Waals surface area contributed by atoms with Gasteiger partial charge in [-0.2, -0.15) is 0 Å². The largest absolute Gasteiger partial charge is 0.756 e. The van der Waals surface area contributed by atoms with E-state index in [2.05, 4.69) is 19.2 Å². The molecule has 0 aromatic heterocycles. The second kappa shape index (κ2) is 44.4. The van der Waals surface area contributed by atoms with E-state index in [0.29, 0.717) is 17.4 Å². The van der Waals surface area contributed by atoms with Gasteiger partial charge < -0.3 is 28.8 Å². The van der Waals surface area contributed by atoms with Crippen molar-refractivity contribution in [3.8, 4) is 0 Å². The van der Waals surface area contributed by atoms with Crippen molar-refractivity contribution in [2.75, 3.05) is 40.9 Å². The molecule has 0 fully saturated rings. The Morgan fingerprint density at radius 1 is 0.557 bits per heavy atom. The number of nitrogens with one attached hydrogen (secondary N) is 1. The van der Waals surface area contributed by atoms with E-state index in [0.717, 1.165) is 38.5 Å². The van der Waals surface area contributed by atoms with Crippen LogP contribution in [0.25, 0.3) is 0 Å². The van der Waals surface area contributed by atoms with Crippen LogP contribution in [-0.2, 0) is 18.4 Å². The number of phosphoric ester groups is 1. The molecule has 0 spiro atoms. The predicted octanol–water partition coefficient (Wildman–Crippen LogP) is 14.8. The summed E-state index contributed by atoms with van der Waals surface area (Å²) in [5, 5.41) is 13.9. The van der Waals surface area contributed by atoms with Crippen LogP contribution in [0.1, 0.15) is 264 Å². The summed E-state index contributed by atoms with van der Waals surface area (Å²) in [6.07, 6.45) is 52.7. The van der Waals surface area contributed by atoms with Crippen LogP contribution >= 0.6 is 7.82 Å². The number of aliphatic hydroxyl groups excluding tert-OH is 1. The fourth-order valence-electron chi connectivity index (χ4n) is 8.04. The van der Waals surface area contributed by atoms with Crippen molar-refractivity contribution in [2.24, 2.45) is 0 Å². The monoisotopic (exact) mass is 885 g/mol. The number of unbranched alkanes of at least 4 members (excludes halogenated alkanes) is 36. The van der Waals surface area contributed by atoms with Gasteiger partial charge in [0.05, 0.1) is 39.9 Å². The SMILES string of the molecule is CCCCCCCCCCCCCCCCCCCCCCC/C=C/C(O)C(COP(=O)([O-])OCC[N+](C)(C)C)NC(=O)CCCCCCCCCCCCCCCCCC. The average molecular weight is 885 g/mol. The summed E-state index contributed by atoms with van der Waals surface area (Å²) in [6.45, 7) is 4.69. The average Bonchev–Trinajstić information content (AvgIpc) is 3.21. The zero-order chi connectivity index (χ0) is 45.0. The van der Waals surface area contributed by atoms with E-state index in [4.69, 9.17) is 9.05 Å². The lowest BCUT2D eigenvalue weighted by Crippen LogP contribution is -2.45. The summed E-state index contributed by atoms with van der Waals surface area (Å²) in [4.78, 5) is 25.4. The van der Waals surface area contributed by atoms with E-state index in [-0.39, 0.29) is 19.1 Å². The molecule has 0 aliphatic heterocycles. The molecule has 364 valence electrons. The Morgan fingerprint density at radius 3 is 1.23 bits per heavy atom. The molecule has 0 saturated heterocycles. The lowest BCUT2D eigenvalue weighted by molar-refractivity contribution is -0.870. The Kier molecular flexibility index (Phi) is 43.9. The van der Waals surface area contributed by atoms with Gasteiger partial charge >= 0.3 is 0 Å². The smallest absolute Gasteiger partial charge is 0.268 e. The number of likely N-dealkylation sites (N-methyl/N-ethyl adjacent to an activating group) is 1. The molecule has 2 N–H and O–H groups in total. The van der Waals surface area contributed by atoms with Crippen molar-refractivity contribution in [3.63, 3.8) is 0 Å². The first-order valence-electron chi connectivity index (χ1n) is 26.6. The summed E-state index contributed by atoms with van der Waals surface area (Å²) >= 11 is 0. The highest BCUT2D eigenvalue weighted by Crippen LogP contribution is 2.38. The van der Waals surface area contributed by atoms with E-state index in [1.54, 1.807) is 6.08 Å². The molecule has 3 atom stereocenters. The van der Waals surface area contributed by atoms with Crippen LogP contribution in [0.3, 0.4) is 0 Å². The molecule has 61 heavy (non-hydrogen) atoms. The Labute approximate surface area is 380 Å². The molecule has 3 unspecified atom stereocenters. The summed E-state index contributed by atoms with van der Waals surface area (Å²) in [5.74, 6) is -0.192. The lowest BCUT2D eigenvalue weighted by Gasteiger charge is -2.29. The zero-order valence-corrected chi connectivity index (χ0v) is 42.3. The highest BCUT2D eigenvalue weighted by molar-refractivity contribution is 7.45. The number of carbonyl (C=O) groups is 1. The molecule has 0 aromatic rings. The molecule has 9 heteroatoms. The van der Waals surface area contributed by atoms with Gasteiger partial charge in [0.25, 0.3) is 7.82 Å². The number of hydrogen-bond donors (Lipinski definition) is 2. The van der Waals surface area contributed by atoms with Crippen LogP contribution < -0.4 is 10.2 Å². The maximum Gasteiger partial charge on any atom is 0.268 e. The van der Waals surface area contributed by atoms with Crippen molar-refractivity contribution in [2.45, 2.75) is 276 Å². The van der Waals surface area contributed by atoms with E-state index in [9.17, 15) is 19.4 Å². The fourth-order valence-corrected chi connectivity index (χ4v) is 8.76. The van der Waals surface area contributed by atoms with Gasteiger partial charge in [-0.15, -0.1) is 0 Å². The molecule has 0 aromatic carbocycles. The van der Waals surface area contributed by atoms with E-state index < -0.39 is 20.0 Å². The summed E-state index contributed by atoms with van der Waals surface area (Å²) in [5.41, 5.74) is 0. The molecular formula is C52H105N2O6P. The highest BCUT2D eigenvalue weighted by Gasteiger charge is 2.23. The third-order valence-corrected chi connectivity index (χ3v) is 13.2. The van der Waals surface area contributed by atoms with E-state index >= 15 is 0 Å². The van der Waals surface area contributed by atoms with Gasteiger partial charge in [0.2, 0.25) is 5.91 Å². The topological polar surface area (TPSA) is 108 Å². The molecule has 0 saturated carbocycles. The van der Waals surface area contributed by atoms with Crippen molar-refractivity contribution < 1.29 is 32.9 Å². The zero-order valence-electron chi connectivity index (χ0n) is 41.4. The number of aliphatic hydroxyl groups is 1. The second-order valence-electron chi connectivity index (χ2n) is 19.6. The lowest BCUT2D eigenvalue weighted by atomic mass is 10.0. The van der Waals surface area contributed by atoms with Crippen LogP contribution in [0, 0.1) is 0 Å². The molecule has 8 nitrogen and oxygen atoms in total. The Morgan fingerprint density at radius 2 is 0.885 bits per heavy atom. The van der Waals surface area contributed by atoms with Crippen molar-refractivity contribution in [3.05, 3.63) is 12.2 Å². The maximum absolute atomic E-state index is 12.9. The molecule has 0 heterocycles. The number of phosphoric acid groups is 1. The number of nitrogens with zero attached hydrogens (tertiary/aromatic N) is 1. The van der Waals surface area contributed by atoms with Gasteiger partial charge in [-0.25, -0.2) is 0 Å². The molecule has 0 rings (SSSR count). The van der Waals surface area contributed by atoms with Gasteiger partial charge in [-0.1, -0.05) is 251 Å². The first kappa shape index (κ1) is 60.2. The number of hydrogen-bond acceptors (Lipinski definition) is 6. The molecule has 1 amide bonds. The number of allylic oxidation sites excluding steroid dienone is 1. The second-order valence-corrected chi connectivity index (χ2v) is 21.0. The minimum Gasteiger partial charge on any atom is -0.756 e. The van der Waals surface area contributed by atoms with Crippen LogP contribution in [-0.4, -0.2) is 68.5 Å². The van der Waals surface area contributed by atoms with Crippen molar-refractivity contribution >= 4 is 13.7 Å². The maximum atomic E-state index is 12.9. The number of carbonyl (C=O) groups excluding carboxylic acids is 1. The fraction of sp³-hybridized carbons (Fsp3) is 0.942. The van der Waals surface area contributed by atoms with Crippen LogP contribution in [0.2, 0.25) is 0 Å². The standard InChI is InChI=1S/C52H105N2O6P/c1-6-8-10-12-14-16-18-20-22-24-25-26-27-28-29-30-31-33-35-37-39-41-43-45-51(55)50(49-60-61(57,58)59-48-47-54(3,4)5)53-52(56)46-44-42-40-38-36-34-32-23-21-19-17-15-13-11-9-7-2/h43,45,50-51,55H,6-42,44,46-49H2,1-5H3,(H-,53,56,57,58)/b45-43+. The predicted molar refractivity (Wildman–Crippen MR) is 261 cm³/mol. The molecular weight excluding hydrogens is 780 g/mol. The van der Waals surface area contributed by atoms with Crippen LogP contribution in [0.5, 0.6) is 0 Å². The molecule has 0 bridgehead atoms.